The van der Waals surface area contributed by atoms with Gasteiger partial charge in [-0.05, 0) is 18.1 Å². The van der Waals surface area contributed by atoms with Crippen LogP contribution in [0.25, 0.3) is 0 Å². The van der Waals surface area contributed by atoms with Crippen LogP contribution in [-0.4, -0.2) is 17.0 Å². The van der Waals surface area contributed by atoms with E-state index in [2.05, 4.69) is 11.3 Å². The summed E-state index contributed by atoms with van der Waals surface area (Å²) in [5.74, 6) is -2.64. The van der Waals surface area contributed by atoms with E-state index >= 15 is 0 Å². The average Bonchev–Trinajstić information content (AvgIpc) is 2.21. The zero-order chi connectivity index (χ0) is 11.3. The number of hydrogen-bond donors (Lipinski definition) is 1. The van der Waals surface area contributed by atoms with Crippen molar-refractivity contribution in [3.63, 3.8) is 0 Å². The van der Waals surface area contributed by atoms with Crippen LogP contribution in [0.5, 0.6) is 5.75 Å². The molecule has 0 saturated carbocycles. The van der Waals surface area contributed by atoms with Crippen molar-refractivity contribution >= 4 is 11.9 Å². The van der Waals surface area contributed by atoms with Crippen LogP contribution < -0.4 is 4.74 Å². The lowest BCUT2D eigenvalue weighted by Crippen LogP contribution is -2.19. The van der Waals surface area contributed by atoms with Crippen molar-refractivity contribution in [3.05, 3.63) is 42.5 Å². The molecule has 1 rings (SSSR count). The molecule has 0 radical (unpaired) electrons. The first kappa shape index (κ1) is 11.0. The molecule has 0 aliphatic carbocycles. The lowest BCUT2D eigenvalue weighted by molar-refractivity contribution is -0.158. The van der Waals surface area contributed by atoms with E-state index in [1.807, 2.05) is 0 Å². The lowest BCUT2D eigenvalue weighted by Gasteiger charge is -2.05. The van der Waals surface area contributed by atoms with Crippen molar-refractivity contribution in [2.75, 3.05) is 0 Å². The monoisotopic (exact) mass is 206 g/mol. The third-order valence-corrected chi connectivity index (χ3v) is 1.71. The van der Waals surface area contributed by atoms with Crippen molar-refractivity contribution in [1.82, 2.24) is 0 Å². The third kappa shape index (κ3) is 2.95. The highest BCUT2D eigenvalue weighted by atomic mass is 16.6. The minimum atomic E-state index is -1.61. The van der Waals surface area contributed by atoms with Crippen molar-refractivity contribution in [3.8, 4) is 5.75 Å². The summed E-state index contributed by atoms with van der Waals surface area (Å²) >= 11 is 0. The average molecular weight is 206 g/mol. The van der Waals surface area contributed by atoms with E-state index in [1.165, 1.54) is 0 Å². The van der Waals surface area contributed by atoms with Crippen LogP contribution in [0, 0.1) is 0 Å². The zero-order valence-corrected chi connectivity index (χ0v) is 7.97. The highest BCUT2D eigenvalue weighted by Gasteiger charge is 2.15. The zero-order valence-electron chi connectivity index (χ0n) is 7.97. The van der Waals surface area contributed by atoms with Gasteiger partial charge < -0.3 is 9.84 Å². The van der Waals surface area contributed by atoms with Gasteiger partial charge in [0.15, 0.2) is 0 Å². The van der Waals surface area contributed by atoms with E-state index in [1.54, 1.807) is 30.3 Å². The molecule has 0 bridgehead atoms. The minimum Gasteiger partial charge on any atom is -0.473 e. The molecule has 0 aromatic heterocycles. The Bertz CT molecular complexity index is 395. The van der Waals surface area contributed by atoms with Gasteiger partial charge in [-0.25, -0.2) is 9.59 Å². The van der Waals surface area contributed by atoms with E-state index in [0.29, 0.717) is 6.42 Å². The van der Waals surface area contributed by atoms with Gasteiger partial charge in [0.2, 0.25) is 0 Å². The second-order valence-corrected chi connectivity index (χ2v) is 2.80. The summed E-state index contributed by atoms with van der Waals surface area (Å²) in [6.45, 7) is 3.55. The van der Waals surface area contributed by atoms with Crippen molar-refractivity contribution in [2.45, 2.75) is 6.42 Å². The number of para-hydroxylation sites is 1. The van der Waals surface area contributed by atoms with Crippen molar-refractivity contribution < 1.29 is 19.4 Å². The molecule has 78 valence electrons. The fraction of sp³-hybridized carbons (Fsp3) is 0.0909. The van der Waals surface area contributed by atoms with Crippen LogP contribution in [0.2, 0.25) is 0 Å². The molecule has 0 heterocycles. The van der Waals surface area contributed by atoms with Gasteiger partial charge in [0.25, 0.3) is 0 Å². The Kier molecular flexibility index (Phi) is 3.62. The fourth-order valence-electron chi connectivity index (χ4n) is 1.07. The van der Waals surface area contributed by atoms with Gasteiger partial charge in [-0.1, -0.05) is 24.3 Å². The Hall–Kier alpha value is -2.10. The lowest BCUT2D eigenvalue weighted by atomic mass is 10.1. The van der Waals surface area contributed by atoms with E-state index in [9.17, 15) is 9.59 Å². The largest absolute Gasteiger partial charge is 0.473 e. The number of aliphatic carboxylic acids is 1. The number of hydrogen-bond acceptors (Lipinski definition) is 3. The Morgan fingerprint density at radius 1 is 1.40 bits per heavy atom. The predicted molar refractivity (Wildman–Crippen MR) is 53.6 cm³/mol. The number of carbonyl (C=O) groups excluding carboxylic acids is 1. The normalized spacial score (nSPS) is 9.33. The fourth-order valence-corrected chi connectivity index (χ4v) is 1.07. The number of esters is 1. The maximum absolute atomic E-state index is 10.8. The molecule has 0 spiro atoms. The highest BCUT2D eigenvalue weighted by Crippen LogP contribution is 2.18. The predicted octanol–water partition coefficient (Wildman–Crippen LogP) is 1.41. The van der Waals surface area contributed by atoms with Gasteiger partial charge in [0.1, 0.15) is 5.75 Å². The minimum absolute atomic E-state index is 0.254. The second-order valence-electron chi connectivity index (χ2n) is 2.80. The molecule has 1 aromatic rings. The molecule has 15 heavy (non-hydrogen) atoms. The Morgan fingerprint density at radius 2 is 2.07 bits per heavy atom. The topological polar surface area (TPSA) is 63.6 Å². The molecule has 1 N–H and O–H groups in total. The van der Waals surface area contributed by atoms with Crippen molar-refractivity contribution in [2.24, 2.45) is 0 Å². The molecule has 0 amide bonds. The van der Waals surface area contributed by atoms with E-state index < -0.39 is 11.9 Å². The molecule has 0 aliphatic heterocycles. The quantitative estimate of drug-likeness (QED) is 0.351. The SMILES string of the molecule is C=CCc1ccccc1OC(=O)C(=O)O. The van der Waals surface area contributed by atoms with E-state index in [0.717, 1.165) is 5.56 Å². The molecular formula is C11H10O4. The van der Waals surface area contributed by atoms with Crippen LogP contribution >= 0.6 is 0 Å². The molecule has 4 heteroatoms. The summed E-state index contributed by atoms with van der Waals surface area (Å²) in [4.78, 5) is 21.1. The number of rotatable bonds is 3. The summed E-state index contributed by atoms with van der Waals surface area (Å²) < 4.78 is 4.67. The number of benzene rings is 1. The smallest absolute Gasteiger partial charge is 0.422 e. The summed E-state index contributed by atoms with van der Waals surface area (Å²) in [7, 11) is 0. The number of carboxylic acid groups (broad SMARTS) is 1. The second kappa shape index (κ2) is 4.95. The molecule has 0 fully saturated rings. The molecule has 0 unspecified atom stereocenters. The highest BCUT2D eigenvalue weighted by molar-refractivity contribution is 6.29. The molecule has 1 aromatic carbocycles. The summed E-state index contributed by atoms with van der Waals surface area (Å²) in [6, 6.07) is 6.72. The van der Waals surface area contributed by atoms with Gasteiger partial charge in [0.05, 0.1) is 0 Å². The molecule has 0 saturated heterocycles. The Labute approximate surface area is 86.8 Å². The molecule has 4 nitrogen and oxygen atoms in total. The van der Waals surface area contributed by atoms with Gasteiger partial charge in [0, 0.05) is 0 Å². The summed E-state index contributed by atoms with van der Waals surface area (Å²) in [6.07, 6.45) is 2.16. The molecule has 0 atom stereocenters. The number of ether oxygens (including phenoxy) is 1. The standard InChI is InChI=1S/C11H10O4/c1-2-5-8-6-3-4-7-9(8)15-11(14)10(12)13/h2-4,6-7H,1,5H2,(H,12,13). The van der Waals surface area contributed by atoms with Crippen molar-refractivity contribution in [1.29, 1.82) is 0 Å². The van der Waals surface area contributed by atoms with Crippen LogP contribution in [0.15, 0.2) is 36.9 Å². The first-order valence-corrected chi connectivity index (χ1v) is 4.29. The molecule has 0 aliphatic rings. The van der Waals surface area contributed by atoms with Crippen LogP contribution in [0.1, 0.15) is 5.56 Å². The summed E-state index contributed by atoms with van der Waals surface area (Å²) in [5.41, 5.74) is 0.724. The van der Waals surface area contributed by atoms with E-state index in [-0.39, 0.29) is 5.75 Å². The van der Waals surface area contributed by atoms with Crippen LogP contribution in [0.4, 0.5) is 0 Å². The first-order chi connectivity index (χ1) is 7.15. The van der Waals surface area contributed by atoms with Crippen LogP contribution in [-0.2, 0) is 16.0 Å². The number of allylic oxidation sites excluding steroid dienone is 1. The Balaban J connectivity index is 2.88. The van der Waals surface area contributed by atoms with Gasteiger partial charge >= 0.3 is 11.9 Å². The van der Waals surface area contributed by atoms with Gasteiger partial charge in [-0.2, -0.15) is 0 Å². The Morgan fingerprint density at radius 3 is 2.67 bits per heavy atom. The summed E-state index contributed by atoms with van der Waals surface area (Å²) in [5, 5.41) is 8.37. The number of carboxylic acids is 1. The maximum Gasteiger partial charge on any atom is 0.422 e. The first-order valence-electron chi connectivity index (χ1n) is 4.29. The third-order valence-electron chi connectivity index (χ3n) is 1.71. The maximum atomic E-state index is 10.8. The molecular weight excluding hydrogens is 196 g/mol. The number of carbonyl (C=O) groups is 2. The van der Waals surface area contributed by atoms with Gasteiger partial charge in [-0.15, -0.1) is 6.58 Å². The van der Waals surface area contributed by atoms with Gasteiger partial charge in [-0.3, -0.25) is 0 Å². The van der Waals surface area contributed by atoms with Crippen LogP contribution in [0.3, 0.4) is 0 Å². The van der Waals surface area contributed by atoms with E-state index in [4.69, 9.17) is 5.11 Å².